The molecule has 4 nitrogen and oxygen atoms in total. The van der Waals surface area contributed by atoms with Crippen molar-refractivity contribution in [2.75, 3.05) is 24.6 Å². The summed E-state index contributed by atoms with van der Waals surface area (Å²) < 4.78 is 0. The molecule has 22 heavy (non-hydrogen) atoms. The summed E-state index contributed by atoms with van der Waals surface area (Å²) in [7, 11) is 0. The van der Waals surface area contributed by atoms with Crippen LogP contribution in [0.15, 0.2) is 29.1 Å². The van der Waals surface area contributed by atoms with Crippen molar-refractivity contribution in [2.24, 2.45) is 0 Å². The number of thioether (sulfide) groups is 1. The Labute approximate surface area is 133 Å². The maximum absolute atomic E-state index is 12.2. The number of fused-ring (bicyclic) bond motifs is 1. The van der Waals surface area contributed by atoms with E-state index in [2.05, 4.69) is 11.1 Å². The summed E-state index contributed by atoms with van der Waals surface area (Å²) >= 11 is 1.89. The van der Waals surface area contributed by atoms with Gasteiger partial charge in [-0.1, -0.05) is 11.6 Å². The van der Waals surface area contributed by atoms with E-state index in [1.165, 1.54) is 0 Å². The molecule has 0 bridgehead atoms. The maximum atomic E-state index is 12.2. The van der Waals surface area contributed by atoms with E-state index in [-0.39, 0.29) is 11.5 Å². The molecule has 0 atom stereocenters. The zero-order chi connectivity index (χ0) is 15.5. The van der Waals surface area contributed by atoms with Gasteiger partial charge in [0, 0.05) is 42.1 Å². The number of aromatic amines is 1. The van der Waals surface area contributed by atoms with Gasteiger partial charge in [0.2, 0.25) is 5.91 Å². The Bertz CT molecular complexity index is 748. The van der Waals surface area contributed by atoms with Crippen LogP contribution in [0.4, 0.5) is 0 Å². The fraction of sp³-hybridized carbons (Fsp3) is 0.412. The molecule has 2 aromatic rings. The highest BCUT2D eigenvalue weighted by Crippen LogP contribution is 2.15. The Hall–Kier alpha value is -1.75. The number of nitrogens with zero attached hydrogens (tertiary/aromatic N) is 1. The molecule has 1 fully saturated rings. The van der Waals surface area contributed by atoms with E-state index in [1.54, 1.807) is 0 Å². The Morgan fingerprint density at radius 2 is 2.05 bits per heavy atom. The number of hydrogen-bond donors (Lipinski definition) is 1. The van der Waals surface area contributed by atoms with Crippen molar-refractivity contribution in [3.8, 4) is 0 Å². The second-order valence-corrected chi connectivity index (χ2v) is 6.93. The van der Waals surface area contributed by atoms with Crippen molar-refractivity contribution < 1.29 is 4.79 Å². The first kappa shape index (κ1) is 15.2. The number of carbonyl (C=O) groups excluding carboxylic acids is 1. The van der Waals surface area contributed by atoms with Crippen LogP contribution in [0.5, 0.6) is 0 Å². The van der Waals surface area contributed by atoms with Gasteiger partial charge in [-0.3, -0.25) is 9.59 Å². The van der Waals surface area contributed by atoms with Gasteiger partial charge in [-0.15, -0.1) is 0 Å². The Kier molecular flexibility index (Phi) is 4.52. The Morgan fingerprint density at radius 3 is 2.82 bits per heavy atom. The molecule has 1 aliphatic rings. The number of amides is 1. The number of carbonyl (C=O) groups is 1. The molecule has 3 rings (SSSR count). The van der Waals surface area contributed by atoms with Crippen LogP contribution in [0.2, 0.25) is 0 Å². The second-order valence-electron chi connectivity index (χ2n) is 5.71. The molecule has 1 saturated heterocycles. The highest BCUT2D eigenvalue weighted by Gasteiger charge is 2.17. The topological polar surface area (TPSA) is 53.2 Å². The van der Waals surface area contributed by atoms with Crippen LogP contribution in [-0.2, 0) is 11.2 Å². The first-order chi connectivity index (χ1) is 10.6. The molecular formula is C17H20N2O2S. The molecular weight excluding hydrogens is 296 g/mol. The van der Waals surface area contributed by atoms with Crippen LogP contribution in [0, 0.1) is 6.92 Å². The van der Waals surface area contributed by atoms with Crippen LogP contribution in [0.25, 0.3) is 10.9 Å². The van der Waals surface area contributed by atoms with Crippen molar-refractivity contribution >= 4 is 28.6 Å². The molecule has 0 spiro atoms. The molecule has 2 heterocycles. The summed E-state index contributed by atoms with van der Waals surface area (Å²) in [6, 6.07) is 7.88. The van der Waals surface area contributed by atoms with Gasteiger partial charge >= 0.3 is 0 Å². The highest BCUT2D eigenvalue weighted by molar-refractivity contribution is 7.99. The van der Waals surface area contributed by atoms with Crippen molar-refractivity contribution in [1.29, 1.82) is 0 Å². The number of rotatable bonds is 3. The van der Waals surface area contributed by atoms with E-state index < -0.39 is 0 Å². The first-order valence-corrected chi connectivity index (χ1v) is 8.77. The average molecular weight is 316 g/mol. The SMILES string of the molecule is Cc1ccc2[nH]c(=O)c(CCC(=O)N3CCSCC3)cc2c1. The molecule has 1 aromatic heterocycles. The second kappa shape index (κ2) is 6.57. The molecule has 0 unspecified atom stereocenters. The van der Waals surface area contributed by atoms with E-state index >= 15 is 0 Å². The summed E-state index contributed by atoms with van der Waals surface area (Å²) in [4.78, 5) is 29.1. The fourth-order valence-corrected chi connectivity index (χ4v) is 3.67. The normalized spacial score (nSPS) is 15.2. The molecule has 1 aromatic carbocycles. The predicted octanol–water partition coefficient (Wildman–Crippen LogP) is 2.34. The van der Waals surface area contributed by atoms with E-state index in [0.717, 1.165) is 41.1 Å². The van der Waals surface area contributed by atoms with Gasteiger partial charge in [0.05, 0.1) is 0 Å². The first-order valence-electron chi connectivity index (χ1n) is 7.61. The highest BCUT2D eigenvalue weighted by atomic mass is 32.2. The number of pyridine rings is 1. The standard InChI is InChI=1S/C17H20N2O2S/c1-12-2-4-15-14(10-12)11-13(17(21)18-15)3-5-16(20)19-6-8-22-9-7-19/h2,4,10-11H,3,5-9H2,1H3,(H,18,21). The third-order valence-electron chi connectivity index (χ3n) is 4.05. The van der Waals surface area contributed by atoms with Gasteiger partial charge in [0.15, 0.2) is 0 Å². The molecule has 0 radical (unpaired) electrons. The van der Waals surface area contributed by atoms with Crippen molar-refractivity contribution in [3.05, 3.63) is 45.7 Å². The number of aryl methyl sites for hydroxylation is 2. The minimum atomic E-state index is -0.0849. The van der Waals surface area contributed by atoms with E-state index in [4.69, 9.17) is 0 Å². The molecule has 0 saturated carbocycles. The number of benzene rings is 1. The average Bonchev–Trinajstić information content (AvgIpc) is 2.54. The van der Waals surface area contributed by atoms with Crippen LogP contribution < -0.4 is 5.56 Å². The monoisotopic (exact) mass is 316 g/mol. The minimum Gasteiger partial charge on any atom is -0.341 e. The lowest BCUT2D eigenvalue weighted by Crippen LogP contribution is -2.38. The summed E-state index contributed by atoms with van der Waals surface area (Å²) in [6.07, 6.45) is 0.909. The lowest BCUT2D eigenvalue weighted by molar-refractivity contribution is -0.130. The summed E-state index contributed by atoms with van der Waals surface area (Å²) in [5.74, 6) is 2.19. The zero-order valence-corrected chi connectivity index (χ0v) is 13.5. The Balaban J connectivity index is 1.74. The molecule has 5 heteroatoms. The largest absolute Gasteiger partial charge is 0.341 e. The van der Waals surface area contributed by atoms with E-state index in [1.807, 2.05) is 41.8 Å². The molecule has 0 aliphatic carbocycles. The lowest BCUT2D eigenvalue weighted by Gasteiger charge is -2.26. The number of hydrogen-bond acceptors (Lipinski definition) is 3. The molecule has 1 N–H and O–H groups in total. The third-order valence-corrected chi connectivity index (χ3v) is 4.99. The van der Waals surface area contributed by atoms with Crippen LogP contribution in [-0.4, -0.2) is 40.4 Å². The number of aromatic nitrogens is 1. The van der Waals surface area contributed by atoms with Gasteiger partial charge in [-0.2, -0.15) is 11.8 Å². The van der Waals surface area contributed by atoms with E-state index in [0.29, 0.717) is 18.4 Å². The molecule has 1 aliphatic heterocycles. The van der Waals surface area contributed by atoms with Crippen molar-refractivity contribution in [3.63, 3.8) is 0 Å². The van der Waals surface area contributed by atoms with Crippen LogP contribution in [0.1, 0.15) is 17.5 Å². The Morgan fingerprint density at radius 1 is 1.27 bits per heavy atom. The maximum Gasteiger partial charge on any atom is 0.251 e. The van der Waals surface area contributed by atoms with Gasteiger partial charge in [-0.25, -0.2) is 0 Å². The van der Waals surface area contributed by atoms with Crippen molar-refractivity contribution in [2.45, 2.75) is 19.8 Å². The lowest BCUT2D eigenvalue weighted by atomic mass is 10.1. The quantitative estimate of drug-likeness (QED) is 0.945. The van der Waals surface area contributed by atoms with E-state index in [9.17, 15) is 9.59 Å². The van der Waals surface area contributed by atoms with Crippen LogP contribution >= 0.6 is 11.8 Å². The molecule has 116 valence electrons. The zero-order valence-electron chi connectivity index (χ0n) is 12.7. The van der Waals surface area contributed by atoms with Gasteiger partial charge < -0.3 is 9.88 Å². The summed E-state index contributed by atoms with van der Waals surface area (Å²) in [6.45, 7) is 3.69. The van der Waals surface area contributed by atoms with Gasteiger partial charge in [0.1, 0.15) is 0 Å². The van der Waals surface area contributed by atoms with Crippen LogP contribution in [0.3, 0.4) is 0 Å². The fourth-order valence-electron chi connectivity index (χ4n) is 2.77. The van der Waals surface area contributed by atoms with Crippen molar-refractivity contribution in [1.82, 2.24) is 9.88 Å². The van der Waals surface area contributed by atoms with Gasteiger partial charge in [0.25, 0.3) is 5.56 Å². The summed E-state index contributed by atoms with van der Waals surface area (Å²) in [5, 5.41) is 1.02. The third kappa shape index (κ3) is 3.35. The smallest absolute Gasteiger partial charge is 0.251 e. The number of H-pyrrole nitrogens is 1. The van der Waals surface area contributed by atoms with Gasteiger partial charge in [-0.05, 0) is 36.9 Å². The minimum absolute atomic E-state index is 0.0849. The summed E-state index contributed by atoms with van der Waals surface area (Å²) in [5.41, 5.74) is 2.61. The predicted molar refractivity (Wildman–Crippen MR) is 91.5 cm³/mol. The molecule has 1 amide bonds. The number of nitrogens with one attached hydrogen (secondary N) is 1.